The Balaban J connectivity index is 1.45. The minimum Gasteiger partial charge on any atom is -0.489 e. The zero-order valence-corrected chi connectivity index (χ0v) is 17.8. The summed E-state index contributed by atoms with van der Waals surface area (Å²) < 4.78 is 20.3. The van der Waals surface area contributed by atoms with Gasteiger partial charge >= 0.3 is 0 Å². The van der Waals surface area contributed by atoms with Gasteiger partial charge in [-0.05, 0) is 78.9 Å². The van der Waals surface area contributed by atoms with Crippen LogP contribution >= 0.6 is 0 Å². The van der Waals surface area contributed by atoms with Crippen LogP contribution in [0.2, 0.25) is 0 Å². The number of ether oxygens (including phenoxy) is 1. The van der Waals surface area contributed by atoms with Crippen LogP contribution in [-0.4, -0.2) is 6.61 Å². The van der Waals surface area contributed by atoms with E-state index in [-0.39, 0.29) is 5.82 Å². The van der Waals surface area contributed by atoms with E-state index in [0.717, 1.165) is 28.5 Å². The summed E-state index contributed by atoms with van der Waals surface area (Å²) >= 11 is 0. The Bertz CT molecular complexity index is 842. The molecule has 29 heavy (non-hydrogen) atoms. The lowest BCUT2D eigenvalue weighted by atomic mass is 9.63. The van der Waals surface area contributed by atoms with Crippen LogP contribution < -0.4 is 4.74 Å². The fourth-order valence-corrected chi connectivity index (χ4v) is 5.84. The van der Waals surface area contributed by atoms with Crippen molar-refractivity contribution in [3.8, 4) is 5.75 Å². The predicted molar refractivity (Wildman–Crippen MR) is 120 cm³/mol. The molecule has 4 rings (SSSR count). The molecule has 2 fully saturated rings. The zero-order valence-electron chi connectivity index (χ0n) is 17.8. The van der Waals surface area contributed by atoms with Crippen molar-refractivity contribution in [2.45, 2.75) is 70.6 Å². The third-order valence-electron chi connectivity index (χ3n) is 7.43. The van der Waals surface area contributed by atoms with Crippen molar-refractivity contribution in [2.75, 3.05) is 6.61 Å². The summed E-state index contributed by atoms with van der Waals surface area (Å²) in [6, 6.07) is 9.82. The van der Waals surface area contributed by atoms with Crippen LogP contribution in [0, 0.1) is 23.6 Å². The Hall–Kier alpha value is -1.83. The number of fused-ring (bicyclic) bond motifs is 2. The molecule has 4 atom stereocenters. The molecule has 0 bridgehead atoms. The van der Waals surface area contributed by atoms with Gasteiger partial charge in [0.2, 0.25) is 0 Å². The Morgan fingerprint density at radius 1 is 1.07 bits per heavy atom. The topological polar surface area (TPSA) is 9.23 Å². The first-order valence-corrected chi connectivity index (χ1v) is 11.6. The lowest BCUT2D eigenvalue weighted by Crippen LogP contribution is -2.30. The van der Waals surface area contributed by atoms with Crippen molar-refractivity contribution < 1.29 is 9.13 Å². The van der Waals surface area contributed by atoms with Gasteiger partial charge in [0.25, 0.3) is 0 Å². The third-order valence-corrected chi connectivity index (χ3v) is 7.43. The molecular weight excluding hydrogens is 359 g/mol. The van der Waals surface area contributed by atoms with Crippen molar-refractivity contribution in [1.29, 1.82) is 0 Å². The molecule has 2 heteroatoms. The van der Waals surface area contributed by atoms with Crippen LogP contribution in [0.5, 0.6) is 5.75 Å². The number of benzene rings is 2. The normalized spacial score (nSPS) is 26.8. The largest absolute Gasteiger partial charge is 0.489 e. The molecule has 0 N–H and O–H groups in total. The summed E-state index contributed by atoms with van der Waals surface area (Å²) in [5, 5.41) is 1.64. The average molecular weight is 395 g/mol. The first-order chi connectivity index (χ1) is 14.2. The Morgan fingerprint density at radius 3 is 2.72 bits per heavy atom. The monoisotopic (exact) mass is 394 g/mol. The summed E-state index contributed by atoms with van der Waals surface area (Å²) in [5.74, 6) is 3.76. The lowest BCUT2D eigenvalue weighted by molar-refractivity contribution is 0.113. The quantitative estimate of drug-likeness (QED) is 0.432. The van der Waals surface area contributed by atoms with Crippen molar-refractivity contribution in [2.24, 2.45) is 17.8 Å². The second-order valence-corrected chi connectivity index (χ2v) is 9.34. The Morgan fingerprint density at radius 2 is 1.90 bits per heavy atom. The molecule has 1 nitrogen and oxygen atoms in total. The van der Waals surface area contributed by atoms with Gasteiger partial charge in [-0.25, -0.2) is 4.39 Å². The predicted octanol–water partition coefficient (Wildman–Crippen LogP) is 8.03. The molecule has 0 aromatic heterocycles. The standard InChI is InChI=1S/C27H35FO/c1-3-5-6-19-7-8-21-15-22(10-9-20(21)14-19)23-11-12-24-16-25(29-13-4-2)18-27(28)26(24)17-23/h4,11-12,16-22H,2-3,5-10,13-15H2,1H3. The van der Waals surface area contributed by atoms with Gasteiger partial charge in [-0.1, -0.05) is 57.4 Å². The summed E-state index contributed by atoms with van der Waals surface area (Å²) in [7, 11) is 0. The van der Waals surface area contributed by atoms with Crippen LogP contribution in [0.3, 0.4) is 0 Å². The number of hydrogen-bond acceptors (Lipinski definition) is 1. The molecule has 2 saturated carbocycles. The molecule has 0 spiro atoms. The first-order valence-electron chi connectivity index (χ1n) is 11.6. The van der Waals surface area contributed by atoms with Gasteiger partial charge < -0.3 is 4.74 Å². The van der Waals surface area contributed by atoms with E-state index in [0.29, 0.717) is 18.3 Å². The Kier molecular flexibility index (Phi) is 6.57. The van der Waals surface area contributed by atoms with Crippen molar-refractivity contribution in [1.82, 2.24) is 0 Å². The van der Waals surface area contributed by atoms with E-state index in [9.17, 15) is 4.39 Å². The van der Waals surface area contributed by atoms with E-state index in [4.69, 9.17) is 4.74 Å². The number of hydrogen-bond donors (Lipinski definition) is 0. The van der Waals surface area contributed by atoms with E-state index in [2.05, 4.69) is 31.7 Å². The highest BCUT2D eigenvalue weighted by molar-refractivity contribution is 5.85. The maximum atomic E-state index is 14.7. The van der Waals surface area contributed by atoms with Gasteiger partial charge in [-0.3, -0.25) is 0 Å². The fourth-order valence-electron chi connectivity index (χ4n) is 5.84. The van der Waals surface area contributed by atoms with E-state index < -0.39 is 0 Å². The summed E-state index contributed by atoms with van der Waals surface area (Å²) in [6.07, 6.45) is 14.0. The second kappa shape index (κ2) is 9.32. The summed E-state index contributed by atoms with van der Waals surface area (Å²) in [4.78, 5) is 0. The van der Waals surface area contributed by atoms with Crippen LogP contribution in [0.4, 0.5) is 4.39 Å². The smallest absolute Gasteiger partial charge is 0.134 e. The van der Waals surface area contributed by atoms with Crippen molar-refractivity contribution >= 4 is 10.8 Å². The van der Waals surface area contributed by atoms with Gasteiger partial charge in [-0.2, -0.15) is 0 Å². The molecule has 0 heterocycles. The number of halogens is 1. The van der Waals surface area contributed by atoms with Gasteiger partial charge in [0.1, 0.15) is 18.2 Å². The highest BCUT2D eigenvalue weighted by atomic mass is 19.1. The summed E-state index contributed by atoms with van der Waals surface area (Å²) in [5.41, 5.74) is 1.32. The molecule has 2 aliphatic rings. The number of rotatable bonds is 7. The maximum absolute atomic E-state index is 14.7. The van der Waals surface area contributed by atoms with E-state index in [1.54, 1.807) is 6.08 Å². The highest BCUT2D eigenvalue weighted by Gasteiger charge is 2.35. The molecular formula is C27H35FO. The maximum Gasteiger partial charge on any atom is 0.134 e. The first kappa shape index (κ1) is 20.4. The molecule has 0 radical (unpaired) electrons. The van der Waals surface area contributed by atoms with Gasteiger partial charge in [0, 0.05) is 11.5 Å². The molecule has 0 aliphatic heterocycles. The highest BCUT2D eigenvalue weighted by Crippen LogP contribution is 2.48. The minimum absolute atomic E-state index is 0.187. The van der Waals surface area contributed by atoms with Crippen LogP contribution in [0.15, 0.2) is 43.0 Å². The van der Waals surface area contributed by atoms with Crippen LogP contribution in [-0.2, 0) is 0 Å². The van der Waals surface area contributed by atoms with Crippen molar-refractivity contribution in [3.63, 3.8) is 0 Å². The van der Waals surface area contributed by atoms with Crippen molar-refractivity contribution in [3.05, 3.63) is 54.4 Å². The zero-order chi connectivity index (χ0) is 20.2. The minimum atomic E-state index is -0.187. The molecule has 156 valence electrons. The second-order valence-electron chi connectivity index (χ2n) is 9.34. The third kappa shape index (κ3) is 4.68. The lowest BCUT2D eigenvalue weighted by Gasteiger charge is -2.42. The van der Waals surface area contributed by atoms with E-state index >= 15 is 0 Å². The average Bonchev–Trinajstić information content (AvgIpc) is 2.75. The SMILES string of the molecule is C=CCOc1cc(F)c2cc(C3CCC4CC(CCCC)CCC4C3)ccc2c1. The van der Waals surface area contributed by atoms with E-state index in [1.165, 1.54) is 69.4 Å². The van der Waals surface area contributed by atoms with E-state index in [1.807, 2.05) is 6.07 Å². The molecule has 2 aromatic rings. The van der Waals surface area contributed by atoms with Gasteiger partial charge in [-0.15, -0.1) is 0 Å². The molecule has 2 aliphatic carbocycles. The van der Waals surface area contributed by atoms with Gasteiger partial charge in [0.15, 0.2) is 0 Å². The molecule has 0 amide bonds. The van der Waals surface area contributed by atoms with Gasteiger partial charge in [0.05, 0.1) is 0 Å². The summed E-state index contributed by atoms with van der Waals surface area (Å²) in [6.45, 7) is 6.35. The molecule has 0 saturated heterocycles. The number of unbranched alkanes of at least 4 members (excludes halogenated alkanes) is 1. The molecule has 4 unspecified atom stereocenters. The van der Waals surface area contributed by atoms with Crippen LogP contribution in [0.1, 0.15) is 76.2 Å². The van der Waals surface area contributed by atoms with Crippen LogP contribution in [0.25, 0.3) is 10.8 Å². The Labute approximate surface area is 175 Å². The fraction of sp³-hybridized carbons (Fsp3) is 0.556. The molecule has 2 aromatic carbocycles.